The lowest BCUT2D eigenvalue weighted by atomic mass is 10.0. The number of carbonyl (C=O) groups is 1. The van der Waals surface area contributed by atoms with Crippen molar-refractivity contribution in [3.8, 4) is 5.75 Å². The number of rotatable bonds is 3. The normalized spacial score (nSPS) is 25.3. The highest BCUT2D eigenvalue weighted by molar-refractivity contribution is 7.92. The third kappa shape index (κ3) is 5.83. The number of nitrogens with one attached hydrogen (secondary N) is 1. The number of ether oxygens (including phenoxy) is 2. The van der Waals surface area contributed by atoms with E-state index in [0.29, 0.717) is 30.2 Å². The second-order valence-corrected chi connectivity index (χ2v) is 9.37. The van der Waals surface area contributed by atoms with Crippen molar-refractivity contribution < 1.29 is 22.7 Å². The Hall–Kier alpha value is -1.84. The van der Waals surface area contributed by atoms with Gasteiger partial charge in [-0.3, -0.25) is 14.4 Å². The molecule has 1 aliphatic heterocycles. The van der Waals surface area contributed by atoms with Crippen molar-refractivity contribution >= 4 is 21.6 Å². The Morgan fingerprint density at radius 2 is 1.89 bits per heavy atom. The van der Waals surface area contributed by atoms with Gasteiger partial charge in [0.05, 0.1) is 17.9 Å². The zero-order valence-electron chi connectivity index (χ0n) is 17.4. The van der Waals surface area contributed by atoms with Gasteiger partial charge in [0.1, 0.15) is 12.4 Å². The molecule has 8 nitrogen and oxygen atoms in total. The van der Waals surface area contributed by atoms with E-state index < -0.39 is 10.0 Å². The van der Waals surface area contributed by atoms with E-state index in [1.807, 2.05) is 7.05 Å². The molecular weight excluding hydrogens is 382 g/mol. The van der Waals surface area contributed by atoms with Gasteiger partial charge in [-0.15, -0.1) is 0 Å². The number of anilines is 1. The molecule has 0 unspecified atom stereocenters. The number of carbonyl (C=O) groups excluding carboxylic acids is 1. The Labute approximate surface area is 167 Å². The summed E-state index contributed by atoms with van der Waals surface area (Å²) in [5.41, 5.74) is 0.634. The van der Waals surface area contributed by atoms with Gasteiger partial charge in [-0.2, -0.15) is 0 Å². The predicted octanol–water partition coefficient (Wildman–Crippen LogP) is 1.49. The highest BCUT2D eigenvalue weighted by Crippen LogP contribution is 2.26. The lowest BCUT2D eigenvalue weighted by Crippen LogP contribution is -2.45. The Bertz CT molecular complexity index is 799. The zero-order valence-corrected chi connectivity index (χ0v) is 18.2. The number of likely N-dealkylation sites (N-methyl/N-ethyl adjacent to an activating group) is 2. The molecule has 9 heteroatoms. The van der Waals surface area contributed by atoms with E-state index in [0.717, 1.165) is 12.8 Å². The fourth-order valence-corrected chi connectivity index (χ4v) is 3.79. The molecule has 2 rings (SSSR count). The molecule has 1 aromatic rings. The van der Waals surface area contributed by atoms with Crippen molar-refractivity contribution in [2.24, 2.45) is 5.92 Å². The summed E-state index contributed by atoms with van der Waals surface area (Å²) >= 11 is 0. The molecule has 0 saturated carbocycles. The molecule has 1 heterocycles. The minimum atomic E-state index is -3.45. The summed E-state index contributed by atoms with van der Waals surface area (Å²) in [6.07, 6.45) is 0.948. The van der Waals surface area contributed by atoms with Crippen molar-refractivity contribution in [3.05, 3.63) is 23.8 Å². The number of sulfonamides is 1. The molecule has 0 saturated heterocycles. The molecule has 0 spiro atoms. The average Bonchev–Trinajstić information content (AvgIpc) is 2.61. The van der Waals surface area contributed by atoms with E-state index in [1.54, 1.807) is 31.2 Å². The monoisotopic (exact) mass is 413 g/mol. The van der Waals surface area contributed by atoms with E-state index in [4.69, 9.17) is 9.47 Å². The summed E-state index contributed by atoms with van der Waals surface area (Å²) in [7, 11) is 1.95. The van der Waals surface area contributed by atoms with Gasteiger partial charge in [0.15, 0.2) is 0 Å². The quantitative estimate of drug-likeness (QED) is 0.808. The summed E-state index contributed by atoms with van der Waals surface area (Å²) in [6.45, 7) is 5.80. The third-order valence-electron chi connectivity index (χ3n) is 5.06. The lowest BCUT2D eigenvalue weighted by molar-refractivity contribution is 0.0150. The molecule has 0 radical (unpaired) electrons. The summed E-state index contributed by atoms with van der Waals surface area (Å²) in [4.78, 5) is 16.9. The van der Waals surface area contributed by atoms with Crippen molar-refractivity contribution in [3.63, 3.8) is 0 Å². The minimum absolute atomic E-state index is 0.121. The van der Waals surface area contributed by atoms with Gasteiger partial charge in [0.25, 0.3) is 5.91 Å². The largest absolute Gasteiger partial charge is 0.491 e. The van der Waals surface area contributed by atoms with Crippen LogP contribution in [0.5, 0.6) is 5.75 Å². The molecule has 0 bridgehead atoms. The number of benzene rings is 1. The van der Waals surface area contributed by atoms with Crippen molar-refractivity contribution in [2.45, 2.75) is 26.0 Å². The maximum absolute atomic E-state index is 13.1. The van der Waals surface area contributed by atoms with Gasteiger partial charge in [-0.1, -0.05) is 6.92 Å². The van der Waals surface area contributed by atoms with Gasteiger partial charge in [0, 0.05) is 39.0 Å². The SMILES string of the molecule is CO[C@H]1CN(C)C(=O)c2cc(NS(C)(=O)=O)ccc2OC[C@H](C)N(C)C[C@@H]1C. The van der Waals surface area contributed by atoms with Gasteiger partial charge >= 0.3 is 0 Å². The Morgan fingerprint density at radius 1 is 1.21 bits per heavy atom. The van der Waals surface area contributed by atoms with Crippen LogP contribution in [0.3, 0.4) is 0 Å². The summed E-state index contributed by atoms with van der Waals surface area (Å²) in [5.74, 6) is 0.395. The van der Waals surface area contributed by atoms with E-state index in [2.05, 4.69) is 23.5 Å². The predicted molar refractivity (Wildman–Crippen MR) is 109 cm³/mol. The molecule has 28 heavy (non-hydrogen) atoms. The van der Waals surface area contributed by atoms with Crippen molar-refractivity contribution in [2.75, 3.05) is 51.9 Å². The molecular formula is C19H31N3O5S. The average molecular weight is 414 g/mol. The molecule has 1 aliphatic rings. The Balaban J connectivity index is 2.43. The molecule has 3 atom stereocenters. The van der Waals surface area contributed by atoms with Crippen LogP contribution in [0.25, 0.3) is 0 Å². The Morgan fingerprint density at radius 3 is 2.50 bits per heavy atom. The van der Waals surface area contributed by atoms with Crippen molar-refractivity contribution in [1.29, 1.82) is 0 Å². The lowest BCUT2D eigenvalue weighted by Gasteiger charge is -2.34. The maximum atomic E-state index is 13.1. The highest BCUT2D eigenvalue weighted by Gasteiger charge is 2.27. The number of amides is 1. The van der Waals surface area contributed by atoms with Crippen molar-refractivity contribution in [1.82, 2.24) is 9.80 Å². The fourth-order valence-electron chi connectivity index (χ4n) is 3.24. The van der Waals surface area contributed by atoms with Gasteiger partial charge in [-0.25, -0.2) is 8.42 Å². The number of hydrogen-bond donors (Lipinski definition) is 1. The number of fused-ring (bicyclic) bond motifs is 1. The van der Waals surface area contributed by atoms with E-state index in [9.17, 15) is 13.2 Å². The van der Waals surface area contributed by atoms with Crippen LogP contribution < -0.4 is 9.46 Å². The van der Waals surface area contributed by atoms with Crippen LogP contribution >= 0.6 is 0 Å². The number of methoxy groups -OCH3 is 1. The Kier molecular flexibility index (Phi) is 7.30. The van der Waals surface area contributed by atoms with Crippen LogP contribution in [0.2, 0.25) is 0 Å². The van der Waals surface area contributed by atoms with E-state index >= 15 is 0 Å². The molecule has 1 N–H and O–H groups in total. The van der Waals surface area contributed by atoms with Gasteiger partial charge in [-0.05, 0) is 38.1 Å². The van der Waals surface area contributed by atoms with Crippen LogP contribution in [0.1, 0.15) is 24.2 Å². The van der Waals surface area contributed by atoms with Gasteiger partial charge in [0.2, 0.25) is 10.0 Å². The first-order valence-electron chi connectivity index (χ1n) is 9.25. The van der Waals surface area contributed by atoms with Crippen LogP contribution in [-0.4, -0.2) is 83.4 Å². The second kappa shape index (κ2) is 9.11. The summed E-state index contributed by atoms with van der Waals surface area (Å²) in [5, 5.41) is 0. The summed E-state index contributed by atoms with van der Waals surface area (Å²) in [6, 6.07) is 4.87. The molecule has 0 aromatic heterocycles. The number of hydrogen-bond acceptors (Lipinski definition) is 6. The number of nitrogens with zero attached hydrogens (tertiary/aromatic N) is 2. The first-order chi connectivity index (χ1) is 13.0. The summed E-state index contributed by atoms with van der Waals surface area (Å²) < 4.78 is 37.1. The second-order valence-electron chi connectivity index (χ2n) is 7.62. The smallest absolute Gasteiger partial charge is 0.257 e. The topological polar surface area (TPSA) is 88.2 Å². The first-order valence-corrected chi connectivity index (χ1v) is 11.1. The molecule has 158 valence electrons. The highest BCUT2D eigenvalue weighted by atomic mass is 32.2. The van der Waals surface area contributed by atoms with Gasteiger partial charge < -0.3 is 14.4 Å². The third-order valence-corrected chi connectivity index (χ3v) is 5.67. The van der Waals surface area contributed by atoms with Crippen LogP contribution in [-0.2, 0) is 14.8 Å². The molecule has 0 aliphatic carbocycles. The zero-order chi connectivity index (χ0) is 21.1. The maximum Gasteiger partial charge on any atom is 0.257 e. The van der Waals surface area contributed by atoms with Crippen LogP contribution in [0.4, 0.5) is 5.69 Å². The van der Waals surface area contributed by atoms with E-state index in [1.165, 1.54) is 6.07 Å². The van der Waals surface area contributed by atoms with Crippen LogP contribution in [0.15, 0.2) is 18.2 Å². The molecule has 1 amide bonds. The standard InChI is InChI=1S/C19H31N3O5S/c1-13-10-21(3)14(2)12-27-17-8-7-15(20-28(6,24)25)9-16(17)19(23)22(4)11-18(13)26-5/h7-9,13-14,18,20H,10-12H2,1-6H3/t13-,14-,18-/m0/s1. The molecule has 0 fully saturated rings. The molecule has 1 aromatic carbocycles. The fraction of sp³-hybridized carbons (Fsp3) is 0.632. The van der Waals surface area contributed by atoms with E-state index in [-0.39, 0.29) is 24.0 Å². The first kappa shape index (κ1) is 22.4. The minimum Gasteiger partial charge on any atom is -0.491 e. The van der Waals surface area contributed by atoms with Crippen LogP contribution in [0, 0.1) is 5.92 Å².